The van der Waals surface area contributed by atoms with E-state index < -0.39 is 10.0 Å². The van der Waals surface area contributed by atoms with Crippen molar-refractivity contribution in [2.45, 2.75) is 42.6 Å². The van der Waals surface area contributed by atoms with Crippen LogP contribution in [0.2, 0.25) is 0 Å². The van der Waals surface area contributed by atoms with Crippen LogP contribution < -0.4 is 4.74 Å². The van der Waals surface area contributed by atoms with E-state index >= 15 is 0 Å². The Kier molecular flexibility index (Phi) is 6.01. The van der Waals surface area contributed by atoms with E-state index in [1.807, 2.05) is 12.1 Å². The normalized spacial score (nSPS) is 22.9. The summed E-state index contributed by atoms with van der Waals surface area (Å²) in [6.45, 7) is 2.48. The number of nitrogens with zero attached hydrogens (tertiary/aromatic N) is 2. The van der Waals surface area contributed by atoms with E-state index in [1.54, 1.807) is 33.5 Å². The molecular formula is C20H26N2O4S2. The molecule has 0 bridgehead atoms. The third-order valence-corrected chi connectivity index (χ3v) is 8.53. The molecule has 1 spiro atoms. The van der Waals surface area contributed by atoms with Gasteiger partial charge in [-0.25, -0.2) is 8.42 Å². The first-order valence-corrected chi connectivity index (χ1v) is 12.1. The van der Waals surface area contributed by atoms with E-state index in [4.69, 9.17) is 9.47 Å². The van der Waals surface area contributed by atoms with Crippen molar-refractivity contribution in [3.63, 3.8) is 0 Å². The van der Waals surface area contributed by atoms with Crippen molar-refractivity contribution in [1.29, 1.82) is 0 Å². The predicted octanol–water partition coefficient (Wildman–Crippen LogP) is 3.56. The summed E-state index contributed by atoms with van der Waals surface area (Å²) < 4.78 is 39.1. The van der Waals surface area contributed by atoms with Gasteiger partial charge in [0.05, 0.1) is 17.1 Å². The predicted molar refractivity (Wildman–Crippen MR) is 108 cm³/mol. The van der Waals surface area contributed by atoms with Crippen LogP contribution >= 0.6 is 11.3 Å². The number of aromatic nitrogens is 1. The third-order valence-electron chi connectivity index (χ3n) is 5.81. The lowest BCUT2D eigenvalue weighted by atomic mass is 9.79. The molecule has 1 atom stereocenters. The highest BCUT2D eigenvalue weighted by atomic mass is 32.2. The van der Waals surface area contributed by atoms with Crippen molar-refractivity contribution in [1.82, 2.24) is 9.29 Å². The van der Waals surface area contributed by atoms with Gasteiger partial charge in [0, 0.05) is 37.5 Å². The quantitative estimate of drug-likeness (QED) is 0.712. The Labute approximate surface area is 170 Å². The van der Waals surface area contributed by atoms with Gasteiger partial charge in [-0.1, -0.05) is 0 Å². The molecule has 0 aromatic carbocycles. The number of thiophene rings is 1. The Balaban J connectivity index is 1.30. The minimum atomic E-state index is -3.37. The lowest BCUT2D eigenvalue weighted by molar-refractivity contribution is -0.122. The second-order valence-electron chi connectivity index (χ2n) is 7.57. The number of hydrogen-bond donors (Lipinski definition) is 0. The molecule has 2 aromatic heterocycles. The van der Waals surface area contributed by atoms with E-state index in [2.05, 4.69) is 4.98 Å². The molecule has 2 aliphatic rings. The standard InChI is InChI=1S/C20H26N2O4S2/c23-28(24,19-5-14-27-16-19)22-10-6-20(7-11-22)15-17(4-13-26-20)3-12-25-18-1-8-21-9-2-18/h1-2,5,8-9,14,16-17H,3-4,6-7,10-13,15H2. The van der Waals surface area contributed by atoms with Crippen molar-refractivity contribution in [2.75, 3.05) is 26.3 Å². The van der Waals surface area contributed by atoms with Gasteiger partial charge in [-0.15, -0.1) is 0 Å². The van der Waals surface area contributed by atoms with Gasteiger partial charge in [-0.3, -0.25) is 4.98 Å². The summed E-state index contributed by atoms with van der Waals surface area (Å²) in [6, 6.07) is 5.42. The minimum absolute atomic E-state index is 0.180. The first-order valence-electron chi connectivity index (χ1n) is 9.77. The minimum Gasteiger partial charge on any atom is -0.493 e. The summed E-state index contributed by atoms with van der Waals surface area (Å²) in [6.07, 6.45) is 8.01. The van der Waals surface area contributed by atoms with E-state index in [0.717, 1.165) is 44.5 Å². The number of rotatable bonds is 6. The van der Waals surface area contributed by atoms with Gasteiger partial charge in [0.25, 0.3) is 0 Å². The maximum atomic E-state index is 12.7. The molecule has 2 fully saturated rings. The Morgan fingerprint density at radius 3 is 2.75 bits per heavy atom. The molecule has 0 radical (unpaired) electrons. The summed E-state index contributed by atoms with van der Waals surface area (Å²) in [5, 5.41) is 3.51. The molecule has 0 N–H and O–H groups in total. The van der Waals surface area contributed by atoms with Crippen LogP contribution in [0.5, 0.6) is 5.75 Å². The van der Waals surface area contributed by atoms with Crippen molar-refractivity contribution in [3.05, 3.63) is 41.4 Å². The molecule has 0 aliphatic carbocycles. The first kappa shape index (κ1) is 19.8. The largest absolute Gasteiger partial charge is 0.493 e. The molecule has 8 heteroatoms. The average molecular weight is 423 g/mol. The van der Waals surface area contributed by atoms with Crippen LogP contribution in [0.4, 0.5) is 0 Å². The fraction of sp³-hybridized carbons (Fsp3) is 0.550. The Hall–Kier alpha value is -1.48. The first-order chi connectivity index (χ1) is 13.6. The van der Waals surface area contributed by atoms with Crippen LogP contribution in [0, 0.1) is 5.92 Å². The number of pyridine rings is 1. The molecule has 4 rings (SSSR count). The molecule has 6 nitrogen and oxygen atoms in total. The van der Waals surface area contributed by atoms with E-state index in [9.17, 15) is 8.42 Å². The fourth-order valence-corrected chi connectivity index (χ4v) is 6.64. The molecule has 0 saturated carbocycles. The summed E-state index contributed by atoms with van der Waals surface area (Å²) in [4.78, 5) is 4.40. The van der Waals surface area contributed by atoms with Gasteiger partial charge in [-0.2, -0.15) is 15.6 Å². The maximum Gasteiger partial charge on any atom is 0.243 e. The summed E-state index contributed by atoms with van der Waals surface area (Å²) in [5.41, 5.74) is -0.180. The number of piperidine rings is 1. The van der Waals surface area contributed by atoms with Gasteiger partial charge in [-0.05, 0) is 61.6 Å². The molecule has 2 aliphatic heterocycles. The van der Waals surface area contributed by atoms with E-state index in [-0.39, 0.29) is 5.60 Å². The van der Waals surface area contributed by atoms with Crippen LogP contribution in [-0.2, 0) is 14.8 Å². The summed E-state index contributed by atoms with van der Waals surface area (Å²) in [5.74, 6) is 1.40. The number of hydrogen-bond acceptors (Lipinski definition) is 6. The van der Waals surface area contributed by atoms with E-state index in [1.165, 1.54) is 11.3 Å². The highest BCUT2D eigenvalue weighted by molar-refractivity contribution is 7.89. The lowest BCUT2D eigenvalue weighted by Gasteiger charge is -2.45. The average Bonchev–Trinajstić information content (AvgIpc) is 3.25. The van der Waals surface area contributed by atoms with Gasteiger partial charge >= 0.3 is 0 Å². The SMILES string of the molecule is O=S(=O)(c1ccsc1)N1CCC2(CC1)CC(CCOc1ccncc1)CCO2. The number of sulfonamides is 1. The molecule has 28 heavy (non-hydrogen) atoms. The molecule has 4 heterocycles. The van der Waals surface area contributed by atoms with Crippen LogP contribution in [0.1, 0.15) is 32.1 Å². The third kappa shape index (κ3) is 4.40. The molecular weight excluding hydrogens is 396 g/mol. The van der Waals surface area contributed by atoms with Crippen molar-refractivity contribution >= 4 is 21.4 Å². The summed E-state index contributed by atoms with van der Waals surface area (Å²) >= 11 is 1.41. The highest BCUT2D eigenvalue weighted by Crippen LogP contribution is 2.39. The van der Waals surface area contributed by atoms with Crippen molar-refractivity contribution in [3.8, 4) is 5.75 Å². The van der Waals surface area contributed by atoms with Crippen LogP contribution in [0.25, 0.3) is 0 Å². The second kappa shape index (κ2) is 8.49. The molecule has 1 unspecified atom stereocenters. The second-order valence-corrected chi connectivity index (χ2v) is 10.3. The van der Waals surface area contributed by atoms with Gasteiger partial charge in [0.2, 0.25) is 10.0 Å². The number of ether oxygens (including phenoxy) is 2. The maximum absolute atomic E-state index is 12.7. The monoisotopic (exact) mass is 422 g/mol. The fourth-order valence-electron chi connectivity index (χ4n) is 4.18. The molecule has 152 valence electrons. The zero-order valence-corrected chi connectivity index (χ0v) is 17.5. The van der Waals surface area contributed by atoms with Gasteiger partial charge in [0.1, 0.15) is 5.75 Å². The zero-order chi connectivity index (χ0) is 19.5. The van der Waals surface area contributed by atoms with Gasteiger partial charge < -0.3 is 9.47 Å². The molecule has 0 amide bonds. The van der Waals surface area contributed by atoms with Crippen molar-refractivity contribution in [2.24, 2.45) is 5.92 Å². The Morgan fingerprint density at radius 2 is 2.04 bits per heavy atom. The zero-order valence-electron chi connectivity index (χ0n) is 15.8. The molecule has 2 saturated heterocycles. The van der Waals surface area contributed by atoms with Crippen LogP contribution in [0.3, 0.4) is 0 Å². The Bertz CT molecular complexity index is 848. The van der Waals surface area contributed by atoms with Gasteiger partial charge in [0.15, 0.2) is 0 Å². The smallest absolute Gasteiger partial charge is 0.243 e. The highest BCUT2D eigenvalue weighted by Gasteiger charge is 2.42. The van der Waals surface area contributed by atoms with Crippen LogP contribution in [-0.4, -0.2) is 49.6 Å². The Morgan fingerprint density at radius 1 is 1.25 bits per heavy atom. The van der Waals surface area contributed by atoms with Crippen LogP contribution in [0.15, 0.2) is 46.2 Å². The van der Waals surface area contributed by atoms with E-state index in [0.29, 0.717) is 30.5 Å². The topological polar surface area (TPSA) is 68.7 Å². The lowest BCUT2D eigenvalue weighted by Crippen LogP contribution is -2.50. The summed E-state index contributed by atoms with van der Waals surface area (Å²) in [7, 11) is -3.37. The van der Waals surface area contributed by atoms with Crippen molar-refractivity contribution < 1.29 is 17.9 Å². The molecule has 2 aromatic rings.